The van der Waals surface area contributed by atoms with Crippen LogP contribution in [0.5, 0.6) is 0 Å². The average Bonchev–Trinajstić information content (AvgIpc) is 2.27. The summed E-state index contributed by atoms with van der Waals surface area (Å²) in [6, 6.07) is 9.17. The van der Waals surface area contributed by atoms with Crippen LogP contribution >= 0.6 is 0 Å². The highest BCUT2D eigenvalue weighted by Gasteiger charge is 2.32. The highest BCUT2D eigenvalue weighted by atomic mass is 19.4. The summed E-state index contributed by atoms with van der Waals surface area (Å²) in [7, 11) is 0. The van der Waals surface area contributed by atoms with Crippen molar-refractivity contribution in [2.45, 2.75) is 31.6 Å². The van der Waals surface area contributed by atoms with Crippen LogP contribution in [0.25, 0.3) is 0 Å². The Bertz CT molecular complexity index is 381. The number of alkyl halides is 3. The van der Waals surface area contributed by atoms with Gasteiger partial charge in [-0.05, 0) is 12.5 Å². The van der Waals surface area contributed by atoms with E-state index < -0.39 is 18.6 Å². The maximum Gasteiger partial charge on any atom is 0.391 e. The van der Waals surface area contributed by atoms with Gasteiger partial charge in [0.2, 0.25) is 0 Å². The third-order valence-corrected chi connectivity index (χ3v) is 2.34. The lowest BCUT2D eigenvalue weighted by atomic mass is 10.1. The molecule has 0 saturated carbocycles. The van der Waals surface area contributed by atoms with Crippen molar-refractivity contribution < 1.29 is 13.2 Å². The van der Waals surface area contributed by atoms with Crippen LogP contribution < -0.4 is 5.32 Å². The quantitative estimate of drug-likeness (QED) is 0.880. The van der Waals surface area contributed by atoms with Gasteiger partial charge in [0, 0.05) is 6.04 Å². The Kier molecular flexibility index (Phi) is 4.53. The molecule has 0 bridgehead atoms. The first-order valence-electron chi connectivity index (χ1n) is 5.20. The normalized spacial score (nSPS) is 15.0. The molecule has 0 aliphatic heterocycles. The second kappa shape index (κ2) is 5.69. The van der Waals surface area contributed by atoms with Crippen LogP contribution in [0.4, 0.5) is 13.2 Å². The van der Waals surface area contributed by atoms with Crippen LogP contribution in [0.15, 0.2) is 30.3 Å². The van der Waals surface area contributed by atoms with Crippen LogP contribution in [0.3, 0.4) is 0 Å². The van der Waals surface area contributed by atoms with E-state index in [9.17, 15) is 13.2 Å². The molecule has 0 spiro atoms. The summed E-state index contributed by atoms with van der Waals surface area (Å²) in [4.78, 5) is 0. The lowest BCUT2D eigenvalue weighted by Gasteiger charge is -2.19. The smallest absolute Gasteiger partial charge is 0.295 e. The van der Waals surface area contributed by atoms with Crippen molar-refractivity contribution in [2.24, 2.45) is 0 Å². The van der Waals surface area contributed by atoms with Crippen LogP contribution in [0.2, 0.25) is 0 Å². The third-order valence-electron chi connectivity index (χ3n) is 2.34. The molecule has 92 valence electrons. The Morgan fingerprint density at radius 3 is 2.35 bits per heavy atom. The summed E-state index contributed by atoms with van der Waals surface area (Å²) in [5.74, 6) is 0. The molecule has 1 aromatic carbocycles. The molecule has 0 heterocycles. The Labute approximate surface area is 98.1 Å². The van der Waals surface area contributed by atoms with E-state index >= 15 is 0 Å². The van der Waals surface area contributed by atoms with Crippen molar-refractivity contribution in [3.05, 3.63) is 35.9 Å². The molecule has 0 radical (unpaired) electrons. The molecule has 0 saturated heterocycles. The fourth-order valence-electron chi connectivity index (χ4n) is 1.51. The molecule has 0 aromatic heterocycles. The number of halogens is 3. The van der Waals surface area contributed by atoms with Crippen molar-refractivity contribution in [1.29, 1.82) is 5.26 Å². The van der Waals surface area contributed by atoms with Crippen LogP contribution in [-0.4, -0.2) is 12.2 Å². The number of hydrogen-bond acceptors (Lipinski definition) is 2. The Hall–Kier alpha value is -1.54. The second-order valence-corrected chi connectivity index (χ2v) is 3.80. The third kappa shape index (κ3) is 4.87. The molecule has 5 heteroatoms. The molecule has 17 heavy (non-hydrogen) atoms. The average molecular weight is 242 g/mol. The molecule has 0 amide bonds. The molecule has 1 rings (SSSR count). The molecule has 2 atom stereocenters. The monoisotopic (exact) mass is 242 g/mol. The minimum Gasteiger partial charge on any atom is -0.295 e. The first-order valence-corrected chi connectivity index (χ1v) is 5.20. The highest BCUT2D eigenvalue weighted by Crippen LogP contribution is 2.23. The largest absolute Gasteiger partial charge is 0.391 e. The maximum atomic E-state index is 12.2. The Morgan fingerprint density at radius 2 is 1.88 bits per heavy atom. The van der Waals surface area contributed by atoms with Gasteiger partial charge in [-0.1, -0.05) is 30.3 Å². The standard InChI is InChI=1S/C12H13F3N2/c1-9(10-5-3-2-4-6-10)17-11(8-16)7-12(13,14)15/h2-6,9,11,17H,7H2,1H3/t9-,11?/m1/s1. The van der Waals surface area contributed by atoms with Gasteiger partial charge in [-0.2, -0.15) is 18.4 Å². The lowest BCUT2D eigenvalue weighted by Crippen LogP contribution is -2.34. The number of nitriles is 1. The van der Waals surface area contributed by atoms with Crippen molar-refractivity contribution in [3.8, 4) is 6.07 Å². The first-order chi connectivity index (χ1) is 7.92. The molecular formula is C12H13F3N2. The molecule has 1 N–H and O–H groups in total. The summed E-state index contributed by atoms with van der Waals surface area (Å²) in [6.45, 7) is 1.73. The van der Waals surface area contributed by atoms with Gasteiger partial charge in [-0.25, -0.2) is 0 Å². The predicted octanol–water partition coefficient (Wildman–Crippen LogP) is 3.18. The van der Waals surface area contributed by atoms with Crippen molar-refractivity contribution in [2.75, 3.05) is 0 Å². The van der Waals surface area contributed by atoms with Crippen molar-refractivity contribution in [3.63, 3.8) is 0 Å². The minimum atomic E-state index is -4.33. The van der Waals surface area contributed by atoms with Crippen LogP contribution in [-0.2, 0) is 0 Å². The fraction of sp³-hybridized carbons (Fsp3) is 0.417. The van der Waals surface area contributed by atoms with E-state index in [-0.39, 0.29) is 6.04 Å². The van der Waals surface area contributed by atoms with E-state index in [1.807, 2.05) is 6.07 Å². The molecule has 2 nitrogen and oxygen atoms in total. The van der Waals surface area contributed by atoms with Crippen LogP contribution in [0, 0.1) is 11.3 Å². The molecule has 0 fully saturated rings. The SMILES string of the molecule is C[C@@H](NC(C#N)CC(F)(F)F)c1ccccc1. The number of hydrogen-bond donors (Lipinski definition) is 1. The topological polar surface area (TPSA) is 35.8 Å². The molecule has 0 aliphatic rings. The number of nitrogens with one attached hydrogen (secondary N) is 1. The summed E-state index contributed by atoms with van der Waals surface area (Å²) < 4.78 is 36.5. The van der Waals surface area contributed by atoms with Gasteiger partial charge in [0.05, 0.1) is 12.5 Å². The number of nitrogens with zero attached hydrogens (tertiary/aromatic N) is 1. The minimum absolute atomic E-state index is 0.289. The molecular weight excluding hydrogens is 229 g/mol. The molecule has 1 unspecified atom stereocenters. The van der Waals surface area contributed by atoms with E-state index in [4.69, 9.17) is 5.26 Å². The first kappa shape index (κ1) is 13.5. The zero-order chi connectivity index (χ0) is 12.9. The van der Waals surface area contributed by atoms with Gasteiger partial charge in [-0.3, -0.25) is 5.32 Å². The Balaban J connectivity index is 2.61. The van der Waals surface area contributed by atoms with Gasteiger partial charge in [0.1, 0.15) is 6.04 Å². The van der Waals surface area contributed by atoms with Crippen molar-refractivity contribution >= 4 is 0 Å². The van der Waals surface area contributed by atoms with E-state index in [0.29, 0.717) is 0 Å². The zero-order valence-electron chi connectivity index (χ0n) is 9.33. The maximum absolute atomic E-state index is 12.2. The number of rotatable bonds is 4. The number of benzene rings is 1. The van der Waals surface area contributed by atoms with Gasteiger partial charge >= 0.3 is 6.18 Å². The second-order valence-electron chi connectivity index (χ2n) is 3.80. The summed E-state index contributed by atoms with van der Waals surface area (Å²) >= 11 is 0. The van der Waals surface area contributed by atoms with Gasteiger partial charge in [0.15, 0.2) is 0 Å². The fourth-order valence-corrected chi connectivity index (χ4v) is 1.51. The lowest BCUT2D eigenvalue weighted by molar-refractivity contribution is -0.137. The predicted molar refractivity (Wildman–Crippen MR) is 58.1 cm³/mol. The summed E-state index contributed by atoms with van der Waals surface area (Å²) in [5.41, 5.74) is 0.856. The van der Waals surface area contributed by atoms with E-state index in [1.165, 1.54) is 0 Å². The molecule has 0 aliphatic carbocycles. The van der Waals surface area contributed by atoms with Gasteiger partial charge in [-0.15, -0.1) is 0 Å². The van der Waals surface area contributed by atoms with Gasteiger partial charge in [0.25, 0.3) is 0 Å². The van der Waals surface area contributed by atoms with Crippen LogP contribution in [0.1, 0.15) is 24.9 Å². The zero-order valence-corrected chi connectivity index (χ0v) is 9.33. The summed E-state index contributed by atoms with van der Waals surface area (Å²) in [6.07, 6.45) is -5.47. The molecule has 1 aromatic rings. The van der Waals surface area contributed by atoms with E-state index in [0.717, 1.165) is 5.56 Å². The van der Waals surface area contributed by atoms with Gasteiger partial charge < -0.3 is 0 Å². The van der Waals surface area contributed by atoms with E-state index in [2.05, 4.69) is 5.32 Å². The summed E-state index contributed by atoms with van der Waals surface area (Å²) in [5, 5.41) is 11.3. The van der Waals surface area contributed by atoms with Crippen molar-refractivity contribution in [1.82, 2.24) is 5.32 Å². The Morgan fingerprint density at radius 1 is 1.29 bits per heavy atom. The highest BCUT2D eigenvalue weighted by molar-refractivity contribution is 5.18. The van der Waals surface area contributed by atoms with E-state index in [1.54, 1.807) is 37.3 Å².